The second-order valence-electron chi connectivity index (χ2n) is 6.19. The monoisotopic (exact) mass is 289 g/mol. The summed E-state index contributed by atoms with van der Waals surface area (Å²) in [6.45, 7) is 4.27. The number of hydrogen-bond donors (Lipinski definition) is 1. The number of likely N-dealkylation sites (tertiary alicyclic amines) is 1. The molecule has 0 aromatic carbocycles. The lowest BCUT2D eigenvalue weighted by Crippen LogP contribution is -2.45. The number of amides is 1. The minimum Gasteiger partial charge on any atom is -0.384 e. The molecule has 1 aromatic rings. The Morgan fingerprint density at radius 3 is 2.90 bits per heavy atom. The molecule has 2 aliphatic rings. The summed E-state index contributed by atoms with van der Waals surface area (Å²) in [5.74, 6) is 0.175. The number of carbonyl (C=O) groups excluding carboxylic acids is 1. The first-order chi connectivity index (χ1) is 10.2. The number of pyridine rings is 1. The second kappa shape index (κ2) is 6.12. The highest BCUT2D eigenvalue weighted by molar-refractivity contribution is 5.82. The van der Waals surface area contributed by atoms with Crippen LogP contribution in [0.1, 0.15) is 18.5 Å². The SMILES string of the molecule is COCC1C(=O)NCC12CCN(Cc1ccccn1)CC2. The third-order valence-electron chi connectivity index (χ3n) is 4.97. The van der Waals surface area contributed by atoms with Gasteiger partial charge in [-0.1, -0.05) is 6.07 Å². The van der Waals surface area contributed by atoms with Crippen LogP contribution in [0.3, 0.4) is 0 Å². The van der Waals surface area contributed by atoms with Crippen molar-refractivity contribution in [1.29, 1.82) is 0 Å². The molecule has 2 fully saturated rings. The van der Waals surface area contributed by atoms with Gasteiger partial charge in [0.1, 0.15) is 0 Å². The lowest BCUT2D eigenvalue weighted by atomic mass is 9.71. The molecule has 5 nitrogen and oxygen atoms in total. The first-order valence-electron chi connectivity index (χ1n) is 7.62. The molecule has 2 aliphatic heterocycles. The van der Waals surface area contributed by atoms with Crippen LogP contribution in [0, 0.1) is 11.3 Å². The third kappa shape index (κ3) is 2.94. The molecule has 0 saturated carbocycles. The predicted octanol–water partition coefficient (Wildman–Crippen LogP) is 1.06. The van der Waals surface area contributed by atoms with Crippen LogP contribution < -0.4 is 5.32 Å². The van der Waals surface area contributed by atoms with Gasteiger partial charge in [0.05, 0.1) is 18.2 Å². The number of hydrogen-bond acceptors (Lipinski definition) is 4. The topological polar surface area (TPSA) is 54.5 Å². The zero-order valence-corrected chi connectivity index (χ0v) is 12.5. The molecule has 0 aliphatic carbocycles. The van der Waals surface area contributed by atoms with Crippen molar-refractivity contribution in [3.63, 3.8) is 0 Å². The van der Waals surface area contributed by atoms with E-state index in [1.165, 1.54) is 0 Å². The average molecular weight is 289 g/mol. The lowest BCUT2D eigenvalue weighted by molar-refractivity contribution is -0.126. The zero-order chi connectivity index (χ0) is 14.7. The maximum Gasteiger partial charge on any atom is 0.226 e. The van der Waals surface area contributed by atoms with Gasteiger partial charge in [-0.25, -0.2) is 0 Å². The van der Waals surface area contributed by atoms with Gasteiger partial charge in [0.2, 0.25) is 5.91 Å². The van der Waals surface area contributed by atoms with Gasteiger partial charge in [0.25, 0.3) is 0 Å². The normalized spacial score (nSPS) is 25.2. The Kier molecular flexibility index (Phi) is 4.22. The second-order valence-corrected chi connectivity index (χ2v) is 6.19. The van der Waals surface area contributed by atoms with Gasteiger partial charge in [-0.3, -0.25) is 14.7 Å². The molecular weight excluding hydrogens is 266 g/mol. The lowest BCUT2D eigenvalue weighted by Gasteiger charge is -2.41. The van der Waals surface area contributed by atoms with Crippen molar-refractivity contribution < 1.29 is 9.53 Å². The van der Waals surface area contributed by atoms with Crippen LogP contribution in [-0.4, -0.2) is 49.1 Å². The third-order valence-corrected chi connectivity index (χ3v) is 4.97. The Balaban J connectivity index is 1.60. The van der Waals surface area contributed by atoms with Crippen molar-refractivity contribution in [1.82, 2.24) is 15.2 Å². The van der Waals surface area contributed by atoms with Gasteiger partial charge in [-0.15, -0.1) is 0 Å². The molecular formula is C16H23N3O2. The summed E-state index contributed by atoms with van der Waals surface area (Å²) in [6, 6.07) is 6.04. The van der Waals surface area contributed by atoms with E-state index >= 15 is 0 Å². The van der Waals surface area contributed by atoms with E-state index in [4.69, 9.17) is 4.74 Å². The molecule has 21 heavy (non-hydrogen) atoms. The molecule has 1 unspecified atom stereocenters. The Hall–Kier alpha value is -1.46. The number of methoxy groups -OCH3 is 1. The first-order valence-corrected chi connectivity index (χ1v) is 7.62. The van der Waals surface area contributed by atoms with Gasteiger partial charge in [-0.2, -0.15) is 0 Å². The molecule has 1 spiro atoms. The van der Waals surface area contributed by atoms with Crippen LogP contribution >= 0.6 is 0 Å². The Bertz CT molecular complexity index is 484. The number of nitrogens with one attached hydrogen (secondary N) is 1. The summed E-state index contributed by atoms with van der Waals surface area (Å²) >= 11 is 0. The van der Waals surface area contributed by atoms with Crippen LogP contribution in [-0.2, 0) is 16.1 Å². The number of ether oxygens (including phenoxy) is 1. The summed E-state index contributed by atoms with van der Waals surface area (Å²) in [5, 5.41) is 3.03. The Morgan fingerprint density at radius 2 is 2.24 bits per heavy atom. The molecule has 1 aromatic heterocycles. The van der Waals surface area contributed by atoms with Crippen molar-refractivity contribution in [2.75, 3.05) is 33.4 Å². The summed E-state index contributed by atoms with van der Waals surface area (Å²) in [7, 11) is 1.68. The van der Waals surface area contributed by atoms with E-state index in [0.29, 0.717) is 6.61 Å². The molecule has 2 saturated heterocycles. The highest BCUT2D eigenvalue weighted by Gasteiger charge is 2.49. The maximum absolute atomic E-state index is 12.0. The van der Waals surface area contributed by atoms with Gasteiger partial charge < -0.3 is 10.1 Å². The number of carbonyl (C=O) groups is 1. The van der Waals surface area contributed by atoms with Gasteiger partial charge in [0.15, 0.2) is 0 Å². The van der Waals surface area contributed by atoms with Crippen molar-refractivity contribution in [3.8, 4) is 0 Å². The molecule has 0 bridgehead atoms. The molecule has 3 heterocycles. The van der Waals surface area contributed by atoms with E-state index in [1.807, 2.05) is 18.3 Å². The van der Waals surface area contributed by atoms with Gasteiger partial charge in [-0.05, 0) is 38.1 Å². The van der Waals surface area contributed by atoms with E-state index in [2.05, 4.69) is 21.3 Å². The van der Waals surface area contributed by atoms with Crippen molar-refractivity contribution >= 4 is 5.91 Å². The highest BCUT2D eigenvalue weighted by Crippen LogP contribution is 2.42. The fraction of sp³-hybridized carbons (Fsp3) is 0.625. The maximum atomic E-state index is 12.0. The van der Waals surface area contributed by atoms with Crippen LogP contribution in [0.2, 0.25) is 0 Å². The first kappa shape index (κ1) is 14.5. The molecule has 1 N–H and O–H groups in total. The van der Waals surface area contributed by atoms with Gasteiger partial charge >= 0.3 is 0 Å². The standard InChI is InChI=1S/C16H23N3O2/c1-21-11-14-15(20)18-12-16(14)5-8-19(9-6-16)10-13-4-2-3-7-17-13/h2-4,7,14H,5-6,8-12H2,1H3,(H,18,20). The van der Waals surface area contributed by atoms with E-state index < -0.39 is 0 Å². The molecule has 1 amide bonds. The van der Waals surface area contributed by atoms with E-state index in [9.17, 15) is 4.79 Å². The van der Waals surface area contributed by atoms with Crippen LogP contribution in [0.15, 0.2) is 24.4 Å². The van der Waals surface area contributed by atoms with Crippen molar-refractivity contribution in [2.45, 2.75) is 19.4 Å². The minimum atomic E-state index is 0.0134. The van der Waals surface area contributed by atoms with E-state index in [-0.39, 0.29) is 17.2 Å². The van der Waals surface area contributed by atoms with Crippen LogP contribution in [0.4, 0.5) is 0 Å². The van der Waals surface area contributed by atoms with Crippen LogP contribution in [0.5, 0.6) is 0 Å². The molecule has 114 valence electrons. The molecule has 5 heteroatoms. The van der Waals surface area contributed by atoms with E-state index in [1.54, 1.807) is 7.11 Å². The Morgan fingerprint density at radius 1 is 1.43 bits per heavy atom. The van der Waals surface area contributed by atoms with Crippen molar-refractivity contribution in [3.05, 3.63) is 30.1 Å². The molecule has 0 radical (unpaired) electrons. The van der Waals surface area contributed by atoms with E-state index in [0.717, 1.165) is 44.7 Å². The fourth-order valence-corrected chi connectivity index (χ4v) is 3.61. The highest BCUT2D eigenvalue weighted by atomic mass is 16.5. The van der Waals surface area contributed by atoms with Gasteiger partial charge in [0, 0.05) is 31.8 Å². The average Bonchev–Trinajstić information content (AvgIpc) is 2.81. The summed E-state index contributed by atoms with van der Waals surface area (Å²) in [4.78, 5) is 18.8. The largest absolute Gasteiger partial charge is 0.384 e. The predicted molar refractivity (Wildman–Crippen MR) is 79.6 cm³/mol. The number of aromatic nitrogens is 1. The number of rotatable bonds is 4. The van der Waals surface area contributed by atoms with Crippen molar-refractivity contribution in [2.24, 2.45) is 11.3 Å². The number of piperidine rings is 1. The number of nitrogens with zero attached hydrogens (tertiary/aromatic N) is 2. The summed E-state index contributed by atoms with van der Waals surface area (Å²) in [5.41, 5.74) is 1.20. The smallest absolute Gasteiger partial charge is 0.226 e. The summed E-state index contributed by atoms with van der Waals surface area (Å²) < 4.78 is 5.26. The summed E-state index contributed by atoms with van der Waals surface area (Å²) in [6.07, 6.45) is 3.94. The quantitative estimate of drug-likeness (QED) is 0.900. The fourth-order valence-electron chi connectivity index (χ4n) is 3.61. The molecule has 1 atom stereocenters. The molecule has 3 rings (SSSR count). The Labute approximate surface area is 125 Å². The minimum absolute atomic E-state index is 0.0134. The zero-order valence-electron chi connectivity index (χ0n) is 12.5. The van der Waals surface area contributed by atoms with Crippen LogP contribution in [0.25, 0.3) is 0 Å².